The zero-order chi connectivity index (χ0) is 24.1. The highest BCUT2D eigenvalue weighted by atomic mass is 16.2. The fourth-order valence-corrected chi connectivity index (χ4v) is 5.68. The summed E-state index contributed by atoms with van der Waals surface area (Å²) < 4.78 is 1.90. The lowest BCUT2D eigenvalue weighted by Crippen LogP contribution is -2.49. The van der Waals surface area contributed by atoms with Crippen molar-refractivity contribution in [2.75, 3.05) is 13.1 Å². The lowest BCUT2D eigenvalue weighted by molar-refractivity contribution is 0.0596. The average Bonchev–Trinajstić information content (AvgIpc) is 2.88. The first kappa shape index (κ1) is 21.7. The van der Waals surface area contributed by atoms with Crippen molar-refractivity contribution in [3.05, 3.63) is 94.2 Å². The second kappa shape index (κ2) is 8.45. The van der Waals surface area contributed by atoms with Gasteiger partial charge in [-0.1, -0.05) is 26.0 Å². The number of nitrogens with zero attached hydrogens (tertiary/aromatic N) is 4. The lowest BCUT2D eigenvalue weighted by atomic mass is 9.83. The molecule has 1 saturated heterocycles. The maximum atomic E-state index is 14.1. The van der Waals surface area contributed by atoms with Crippen molar-refractivity contribution in [3.63, 3.8) is 0 Å². The topological polar surface area (TPSA) is 68.1 Å². The van der Waals surface area contributed by atoms with Crippen LogP contribution < -0.4 is 5.56 Å². The Kier molecular flexibility index (Phi) is 5.24. The van der Waals surface area contributed by atoms with Crippen molar-refractivity contribution in [2.24, 2.45) is 5.92 Å². The third kappa shape index (κ3) is 3.83. The van der Waals surface area contributed by atoms with Crippen LogP contribution in [0.1, 0.15) is 53.7 Å². The van der Waals surface area contributed by atoms with E-state index in [-0.39, 0.29) is 23.3 Å². The Hall–Kier alpha value is -3.80. The predicted octanol–water partition coefficient (Wildman–Crippen LogP) is 4.84. The van der Waals surface area contributed by atoms with Crippen molar-refractivity contribution >= 4 is 16.8 Å². The molecule has 6 nitrogen and oxygen atoms in total. The highest BCUT2D eigenvalue weighted by Crippen LogP contribution is 2.36. The van der Waals surface area contributed by atoms with E-state index in [1.54, 1.807) is 18.5 Å². The van der Waals surface area contributed by atoms with E-state index in [0.717, 1.165) is 34.3 Å². The standard InChI is InChI=1S/C29H28N4O2/c1-18(2)21-6-7-25-23(13-21)24(14-26(31-25)20-8-10-30-11-9-20)29(35)32-15-19-12-22(17-32)27-4-3-5-28(34)33(27)16-19/h3-11,13-14,18-19,22H,12,15-17H2,1-2H3. The van der Waals surface area contributed by atoms with Crippen molar-refractivity contribution < 1.29 is 4.79 Å². The van der Waals surface area contributed by atoms with E-state index in [4.69, 9.17) is 4.98 Å². The summed E-state index contributed by atoms with van der Waals surface area (Å²) in [5, 5.41) is 0.895. The fraction of sp³-hybridized carbons (Fsp3) is 0.310. The van der Waals surface area contributed by atoms with Crippen molar-refractivity contribution in [2.45, 2.75) is 38.6 Å². The number of carbonyl (C=O) groups is 1. The first-order valence-corrected chi connectivity index (χ1v) is 12.3. The number of hydrogen-bond acceptors (Lipinski definition) is 4. The average molecular weight is 465 g/mol. The van der Waals surface area contributed by atoms with Crippen LogP contribution in [0.15, 0.2) is 71.8 Å². The summed E-state index contributed by atoms with van der Waals surface area (Å²) in [7, 11) is 0. The van der Waals surface area contributed by atoms with Crippen LogP contribution in [0.4, 0.5) is 0 Å². The van der Waals surface area contributed by atoms with E-state index in [2.05, 4.69) is 31.0 Å². The molecule has 2 bridgehead atoms. The van der Waals surface area contributed by atoms with Gasteiger partial charge in [-0.25, -0.2) is 4.98 Å². The molecule has 5 heterocycles. The summed E-state index contributed by atoms with van der Waals surface area (Å²) in [6.07, 6.45) is 4.51. The summed E-state index contributed by atoms with van der Waals surface area (Å²) in [4.78, 5) is 37.5. The van der Waals surface area contributed by atoms with Crippen molar-refractivity contribution in [1.29, 1.82) is 0 Å². The third-order valence-electron chi connectivity index (χ3n) is 7.47. The van der Waals surface area contributed by atoms with Gasteiger partial charge >= 0.3 is 0 Å². The summed E-state index contributed by atoms with van der Waals surface area (Å²) in [6, 6.07) is 17.5. The minimum absolute atomic E-state index is 0.0371. The molecule has 2 atom stereocenters. The number of hydrogen-bond donors (Lipinski definition) is 0. The van der Waals surface area contributed by atoms with Crippen molar-refractivity contribution in [3.8, 4) is 11.3 Å². The number of fused-ring (bicyclic) bond motifs is 5. The Balaban J connectivity index is 1.44. The molecule has 2 aliphatic rings. The van der Waals surface area contributed by atoms with Gasteiger partial charge in [0, 0.05) is 60.7 Å². The fourth-order valence-electron chi connectivity index (χ4n) is 5.68. The molecular weight excluding hydrogens is 436 g/mol. The van der Waals surface area contributed by atoms with Crippen LogP contribution >= 0.6 is 0 Å². The van der Waals surface area contributed by atoms with Gasteiger partial charge in [-0.3, -0.25) is 14.6 Å². The summed E-state index contributed by atoms with van der Waals surface area (Å²) in [5.74, 6) is 0.852. The molecule has 2 unspecified atom stereocenters. The van der Waals surface area contributed by atoms with Gasteiger partial charge in [0.05, 0.1) is 16.8 Å². The lowest BCUT2D eigenvalue weighted by Gasteiger charge is -2.42. The van der Waals surface area contributed by atoms with Gasteiger partial charge in [0.15, 0.2) is 0 Å². The zero-order valence-electron chi connectivity index (χ0n) is 20.0. The van der Waals surface area contributed by atoms with Crippen molar-refractivity contribution in [1.82, 2.24) is 19.4 Å². The minimum atomic E-state index is 0.0371. The normalized spacial score (nSPS) is 19.1. The van der Waals surface area contributed by atoms with Gasteiger partial charge in [0.2, 0.25) is 0 Å². The minimum Gasteiger partial charge on any atom is -0.338 e. The first-order chi connectivity index (χ1) is 17.0. The van der Waals surface area contributed by atoms with Gasteiger partial charge < -0.3 is 9.47 Å². The first-order valence-electron chi connectivity index (χ1n) is 12.3. The SMILES string of the molecule is CC(C)c1ccc2nc(-c3ccncc3)cc(C(=O)N3CC4CC(C3)c3cccc(=O)n3C4)c2c1. The molecule has 0 aliphatic carbocycles. The molecule has 1 fully saturated rings. The monoisotopic (exact) mass is 464 g/mol. The quantitative estimate of drug-likeness (QED) is 0.435. The number of carbonyl (C=O) groups excluding carboxylic acids is 1. The number of aromatic nitrogens is 3. The molecule has 1 amide bonds. The molecule has 0 saturated carbocycles. The molecule has 6 rings (SSSR count). The number of benzene rings is 1. The van der Waals surface area contributed by atoms with Gasteiger partial charge in [0.25, 0.3) is 11.5 Å². The molecule has 1 aromatic carbocycles. The molecule has 6 heteroatoms. The van der Waals surface area contributed by atoms with E-state index in [9.17, 15) is 9.59 Å². The molecule has 2 aliphatic heterocycles. The van der Waals surface area contributed by atoms with Crippen LogP contribution in [0.25, 0.3) is 22.2 Å². The maximum absolute atomic E-state index is 14.1. The van der Waals surface area contributed by atoms with Gasteiger partial charge in [-0.15, -0.1) is 0 Å². The van der Waals surface area contributed by atoms with Crippen LogP contribution in [-0.4, -0.2) is 38.4 Å². The predicted molar refractivity (Wildman–Crippen MR) is 137 cm³/mol. The Morgan fingerprint density at radius 1 is 1.00 bits per heavy atom. The van der Waals surface area contributed by atoms with Gasteiger partial charge in [0.1, 0.15) is 0 Å². The highest BCUT2D eigenvalue weighted by Gasteiger charge is 2.37. The van der Waals surface area contributed by atoms with Crippen LogP contribution in [0, 0.1) is 5.92 Å². The second-order valence-electron chi connectivity index (χ2n) is 10.1. The molecule has 0 spiro atoms. The number of piperidine rings is 1. The molecule has 176 valence electrons. The smallest absolute Gasteiger partial charge is 0.254 e. The van der Waals surface area contributed by atoms with E-state index in [1.807, 2.05) is 45.9 Å². The molecular formula is C29H28N4O2. The summed E-state index contributed by atoms with van der Waals surface area (Å²) >= 11 is 0. The van der Waals surface area contributed by atoms with Gasteiger partial charge in [-0.05, 0) is 60.2 Å². The third-order valence-corrected chi connectivity index (χ3v) is 7.47. The largest absolute Gasteiger partial charge is 0.338 e. The van der Waals surface area contributed by atoms with Crippen LogP contribution in [-0.2, 0) is 6.54 Å². The Labute approximate surface area is 204 Å². The van der Waals surface area contributed by atoms with E-state index in [0.29, 0.717) is 31.1 Å². The Morgan fingerprint density at radius 3 is 2.63 bits per heavy atom. The molecule has 35 heavy (non-hydrogen) atoms. The number of likely N-dealkylation sites (tertiary alicyclic amines) is 1. The maximum Gasteiger partial charge on any atom is 0.254 e. The highest BCUT2D eigenvalue weighted by molar-refractivity contribution is 6.07. The van der Waals surface area contributed by atoms with Crippen LogP contribution in [0.3, 0.4) is 0 Å². The molecule has 0 radical (unpaired) electrons. The summed E-state index contributed by atoms with van der Waals surface area (Å²) in [6.45, 7) is 6.27. The van der Waals surface area contributed by atoms with Gasteiger partial charge in [-0.2, -0.15) is 0 Å². The Bertz CT molecular complexity index is 1490. The summed E-state index contributed by atoms with van der Waals surface area (Å²) in [5.41, 5.74) is 5.51. The van der Waals surface area contributed by atoms with E-state index >= 15 is 0 Å². The molecule has 0 N–H and O–H groups in total. The van der Waals surface area contributed by atoms with E-state index < -0.39 is 0 Å². The number of rotatable bonds is 3. The van der Waals surface area contributed by atoms with Crippen LogP contribution in [0.5, 0.6) is 0 Å². The number of amides is 1. The zero-order valence-corrected chi connectivity index (χ0v) is 20.0. The second-order valence-corrected chi connectivity index (χ2v) is 10.1. The van der Waals surface area contributed by atoms with E-state index in [1.165, 1.54) is 5.56 Å². The van der Waals surface area contributed by atoms with Crippen LogP contribution in [0.2, 0.25) is 0 Å². The molecule has 4 aromatic rings. The number of pyridine rings is 3. The Morgan fingerprint density at radius 2 is 1.83 bits per heavy atom. The molecule has 3 aromatic heterocycles.